The molecule has 0 spiro atoms. The van der Waals surface area contributed by atoms with Gasteiger partial charge in [-0.3, -0.25) is 19.2 Å². The molecule has 0 aromatic carbocycles. The summed E-state index contributed by atoms with van der Waals surface area (Å²) in [5, 5.41) is 8.24. The van der Waals surface area contributed by atoms with Crippen molar-refractivity contribution in [1.82, 2.24) is 0 Å². The van der Waals surface area contributed by atoms with Crippen molar-refractivity contribution in [3.05, 3.63) is 0 Å². The molecular formula is C11H18BrIN2O6. The molecule has 122 valence electrons. The normalized spacial score (nSPS) is 12.3. The van der Waals surface area contributed by atoms with Crippen LogP contribution in [0.4, 0.5) is 0 Å². The van der Waals surface area contributed by atoms with Crippen LogP contribution in [0.2, 0.25) is 0 Å². The molecule has 5 N–H and O–H groups in total. The summed E-state index contributed by atoms with van der Waals surface area (Å²) >= 11 is 4.88. The van der Waals surface area contributed by atoms with E-state index in [2.05, 4.69) is 20.7 Å². The summed E-state index contributed by atoms with van der Waals surface area (Å²) in [5.74, 6) is -2.16. The van der Waals surface area contributed by atoms with Crippen LogP contribution in [-0.4, -0.2) is 44.7 Å². The van der Waals surface area contributed by atoms with E-state index >= 15 is 0 Å². The topological polar surface area (TPSA) is 150 Å². The summed E-state index contributed by atoms with van der Waals surface area (Å²) in [7, 11) is 1.26. The Morgan fingerprint density at radius 1 is 1.19 bits per heavy atom. The lowest BCUT2D eigenvalue weighted by Gasteiger charge is -2.03. The van der Waals surface area contributed by atoms with Crippen LogP contribution in [0, 0.1) is 0 Å². The maximum atomic E-state index is 10.7. The number of nitrogens with two attached hydrogens (primary N) is 2. The maximum Gasteiger partial charge on any atom is 0.319 e. The van der Waals surface area contributed by atoms with Crippen molar-refractivity contribution in [3.63, 3.8) is 0 Å². The van der Waals surface area contributed by atoms with Crippen LogP contribution in [0.3, 0.4) is 0 Å². The molecule has 10 heteroatoms. The molecule has 0 aliphatic carbocycles. The summed E-state index contributed by atoms with van der Waals surface area (Å²) in [6, 6.07) is 0. The van der Waals surface area contributed by atoms with Gasteiger partial charge in [0.25, 0.3) is 0 Å². The zero-order valence-corrected chi connectivity index (χ0v) is 15.1. The van der Waals surface area contributed by atoms with Crippen molar-refractivity contribution in [2.75, 3.05) is 7.11 Å². The number of rotatable bonds is 8. The molecule has 0 rings (SSSR count). The minimum Gasteiger partial charge on any atom is -0.481 e. The zero-order valence-electron chi connectivity index (χ0n) is 11.4. The Bertz CT molecular complexity index is 380. The van der Waals surface area contributed by atoms with Crippen molar-refractivity contribution in [2.45, 2.75) is 34.4 Å². The average molecular weight is 481 g/mol. The van der Waals surface area contributed by atoms with Crippen molar-refractivity contribution >= 4 is 62.3 Å². The van der Waals surface area contributed by atoms with Gasteiger partial charge in [-0.25, -0.2) is 0 Å². The van der Waals surface area contributed by atoms with Gasteiger partial charge in [-0.15, -0.1) is 0 Å². The first-order valence-electron chi connectivity index (χ1n) is 5.77. The summed E-state index contributed by atoms with van der Waals surface area (Å²) in [4.78, 5) is 40.8. The van der Waals surface area contributed by atoms with Crippen molar-refractivity contribution in [2.24, 2.45) is 11.5 Å². The van der Waals surface area contributed by atoms with E-state index in [1.807, 2.05) is 22.6 Å². The number of ether oxygens (including phenoxy) is 1. The molecular weight excluding hydrogens is 463 g/mol. The number of carbonyl (C=O) groups is 4. The third kappa shape index (κ3) is 15.3. The van der Waals surface area contributed by atoms with E-state index in [1.54, 1.807) is 0 Å². The van der Waals surface area contributed by atoms with Crippen molar-refractivity contribution in [3.8, 4) is 0 Å². The second-order valence-electron chi connectivity index (χ2n) is 3.80. The molecule has 0 fully saturated rings. The number of primary amides is 2. The number of alkyl halides is 2. The molecule has 2 atom stereocenters. The van der Waals surface area contributed by atoms with E-state index in [-0.39, 0.29) is 23.2 Å². The number of hydrogen-bond donors (Lipinski definition) is 3. The van der Waals surface area contributed by atoms with Crippen molar-refractivity contribution in [1.29, 1.82) is 0 Å². The fraction of sp³-hybridized carbons (Fsp3) is 0.636. The second kappa shape index (κ2) is 12.8. The van der Waals surface area contributed by atoms with Gasteiger partial charge in [-0.05, 0) is 12.8 Å². The summed E-state index contributed by atoms with van der Waals surface area (Å²) in [5.41, 5.74) is 9.77. The van der Waals surface area contributed by atoms with E-state index in [0.29, 0.717) is 6.42 Å². The molecule has 0 saturated carbocycles. The number of halogens is 2. The van der Waals surface area contributed by atoms with E-state index in [9.17, 15) is 19.2 Å². The number of methoxy groups -OCH3 is 1. The molecule has 8 nitrogen and oxygen atoms in total. The number of amides is 2. The monoisotopic (exact) mass is 480 g/mol. The molecule has 0 aromatic rings. The highest BCUT2D eigenvalue weighted by Gasteiger charge is 2.15. The number of aliphatic carboxylic acids is 1. The number of carbonyl (C=O) groups excluding carboxylic acids is 3. The SMILES string of the molecule is COC(=O)C(Br)CCC(=O)O.NC(=O)CCC(I)C(N)=O. The van der Waals surface area contributed by atoms with Gasteiger partial charge in [0.15, 0.2) is 0 Å². The van der Waals surface area contributed by atoms with Crippen LogP contribution in [0.1, 0.15) is 25.7 Å². The first-order valence-corrected chi connectivity index (χ1v) is 7.93. The number of carboxylic acid groups (broad SMARTS) is 1. The molecule has 0 aliphatic heterocycles. The molecule has 0 radical (unpaired) electrons. The molecule has 0 aromatic heterocycles. The fourth-order valence-corrected chi connectivity index (χ4v) is 1.63. The lowest BCUT2D eigenvalue weighted by Crippen LogP contribution is -2.24. The Hall–Kier alpha value is -0.910. The van der Waals surface area contributed by atoms with Gasteiger partial charge in [0.2, 0.25) is 11.8 Å². The minimum atomic E-state index is -0.918. The lowest BCUT2D eigenvalue weighted by atomic mass is 10.2. The van der Waals surface area contributed by atoms with Crippen LogP contribution >= 0.6 is 38.5 Å². The first kappa shape index (κ1) is 22.4. The van der Waals surface area contributed by atoms with Crippen LogP contribution in [0.15, 0.2) is 0 Å². The van der Waals surface area contributed by atoms with Crippen LogP contribution in [0.5, 0.6) is 0 Å². The van der Waals surface area contributed by atoms with Gasteiger partial charge in [-0.1, -0.05) is 38.5 Å². The molecule has 2 amide bonds. The van der Waals surface area contributed by atoms with E-state index in [1.165, 1.54) is 7.11 Å². The highest BCUT2D eigenvalue weighted by Crippen LogP contribution is 2.09. The van der Waals surface area contributed by atoms with Gasteiger partial charge >= 0.3 is 11.9 Å². The number of esters is 1. The third-order valence-corrected chi connectivity index (χ3v) is 4.09. The third-order valence-electron chi connectivity index (χ3n) is 2.02. The Morgan fingerprint density at radius 2 is 1.71 bits per heavy atom. The molecule has 21 heavy (non-hydrogen) atoms. The van der Waals surface area contributed by atoms with Gasteiger partial charge in [0.1, 0.15) is 4.83 Å². The van der Waals surface area contributed by atoms with Crippen LogP contribution in [-0.2, 0) is 23.9 Å². The van der Waals surface area contributed by atoms with Gasteiger partial charge in [-0.2, -0.15) is 0 Å². The summed E-state index contributed by atoms with van der Waals surface area (Å²) in [6.07, 6.45) is 0.870. The van der Waals surface area contributed by atoms with Crippen LogP contribution in [0.25, 0.3) is 0 Å². The molecule has 2 unspecified atom stereocenters. The van der Waals surface area contributed by atoms with Crippen LogP contribution < -0.4 is 11.5 Å². The number of carboxylic acids is 1. The molecule has 0 bridgehead atoms. The van der Waals surface area contributed by atoms with E-state index < -0.39 is 28.6 Å². The highest BCUT2D eigenvalue weighted by atomic mass is 127. The van der Waals surface area contributed by atoms with Gasteiger partial charge in [0, 0.05) is 12.8 Å². The first-order chi connectivity index (χ1) is 9.61. The van der Waals surface area contributed by atoms with Crippen molar-refractivity contribution < 1.29 is 29.0 Å². The standard InChI is InChI=1S/C6H9BrO4.C5H9IN2O2/c1-11-6(10)4(7)2-3-5(8)9;6-3(5(8)10)1-2-4(7)9/h4H,2-3H2,1H3,(H,8,9);3H,1-2H2,(H2,7,9)(H2,8,10). The summed E-state index contributed by atoms with van der Waals surface area (Å²) in [6.45, 7) is 0. The Kier molecular flexibility index (Phi) is 13.6. The lowest BCUT2D eigenvalue weighted by molar-refractivity contribution is -0.140. The fourth-order valence-electron chi connectivity index (χ4n) is 0.907. The molecule has 0 saturated heterocycles. The Balaban J connectivity index is 0. The highest BCUT2D eigenvalue weighted by molar-refractivity contribution is 14.1. The van der Waals surface area contributed by atoms with E-state index in [0.717, 1.165) is 0 Å². The van der Waals surface area contributed by atoms with E-state index in [4.69, 9.17) is 16.6 Å². The minimum absolute atomic E-state index is 0.0367. The number of hydrogen-bond acceptors (Lipinski definition) is 5. The van der Waals surface area contributed by atoms with Gasteiger partial charge < -0.3 is 21.3 Å². The molecule has 0 heterocycles. The predicted octanol–water partition coefficient (Wildman–Crippen LogP) is 0.328. The quantitative estimate of drug-likeness (QED) is 0.259. The Morgan fingerprint density at radius 3 is 2.05 bits per heavy atom. The Labute approximate surface area is 144 Å². The smallest absolute Gasteiger partial charge is 0.319 e. The average Bonchev–Trinajstić information content (AvgIpc) is 2.41. The summed E-state index contributed by atoms with van der Waals surface area (Å²) < 4.78 is 4.08. The molecule has 0 aliphatic rings. The predicted molar refractivity (Wildman–Crippen MR) is 87.0 cm³/mol. The van der Waals surface area contributed by atoms with Gasteiger partial charge in [0.05, 0.1) is 11.0 Å². The maximum absolute atomic E-state index is 10.7. The largest absolute Gasteiger partial charge is 0.481 e. The second-order valence-corrected chi connectivity index (χ2v) is 6.41. The zero-order chi connectivity index (χ0) is 17.0.